The van der Waals surface area contributed by atoms with Crippen LogP contribution in [0.25, 0.3) is 0 Å². The Labute approximate surface area is 164 Å². The summed E-state index contributed by atoms with van der Waals surface area (Å²) in [6.45, 7) is 0. The van der Waals surface area contributed by atoms with E-state index in [1.807, 2.05) is 0 Å². The molecule has 0 radical (unpaired) electrons. The molecule has 2 aromatic rings. The Balaban J connectivity index is 0.000000380. The van der Waals surface area contributed by atoms with E-state index in [2.05, 4.69) is 18.2 Å². The smallest absolute Gasteiger partial charge is 0.414 e. The molecule has 3 N–H and O–H groups in total. The summed E-state index contributed by atoms with van der Waals surface area (Å²) in [7, 11) is 0. The number of halogens is 1. The number of aliphatic carboxylic acids is 2. The Kier molecular flexibility index (Phi) is 7.27. The van der Waals surface area contributed by atoms with Crippen LogP contribution in [0.4, 0.5) is 0 Å². The number of fused-ring (bicyclic) bond motifs is 1. The molecule has 0 aliphatic heterocycles. The molecular formula is C19H17ClO6S. The predicted octanol–water partition coefficient (Wildman–Crippen LogP) is 4.22. The molecule has 0 aromatic heterocycles. The predicted molar refractivity (Wildman–Crippen MR) is 101 cm³/mol. The second-order valence-electron chi connectivity index (χ2n) is 5.80. The number of benzene rings is 2. The van der Waals surface area contributed by atoms with Crippen LogP contribution in [0, 0.1) is 0 Å². The summed E-state index contributed by atoms with van der Waals surface area (Å²) in [4.78, 5) is 31.3. The standard InChI is InChI=1S/C17H15ClO2S.C2H2O4/c18-13-6-8-16(15(10-13)17(19)20)21-14-7-5-11-3-1-2-4-12(11)9-14;3-1(4)2(5)6/h5-10H,1-4H2,(H,19,20);(H,3,4)(H,5,6). The second-order valence-corrected chi connectivity index (χ2v) is 7.35. The summed E-state index contributed by atoms with van der Waals surface area (Å²) in [6.07, 6.45) is 4.78. The summed E-state index contributed by atoms with van der Waals surface area (Å²) >= 11 is 7.37. The summed E-state index contributed by atoms with van der Waals surface area (Å²) in [6, 6.07) is 11.5. The molecule has 0 bridgehead atoms. The Bertz CT molecular complexity index is 868. The highest BCUT2D eigenvalue weighted by atomic mass is 35.5. The van der Waals surface area contributed by atoms with Crippen molar-refractivity contribution in [2.75, 3.05) is 0 Å². The van der Waals surface area contributed by atoms with E-state index in [1.165, 1.54) is 41.8 Å². The molecule has 1 aliphatic rings. The maximum Gasteiger partial charge on any atom is 0.414 e. The molecule has 3 rings (SSSR count). The molecule has 142 valence electrons. The van der Waals surface area contributed by atoms with E-state index in [4.69, 9.17) is 31.4 Å². The van der Waals surface area contributed by atoms with Crippen LogP contribution >= 0.6 is 23.4 Å². The highest BCUT2D eigenvalue weighted by Gasteiger charge is 2.14. The van der Waals surface area contributed by atoms with Crippen LogP contribution in [0.2, 0.25) is 5.02 Å². The SMILES string of the molecule is O=C(O)C(=O)O.O=C(O)c1cc(Cl)ccc1Sc1ccc2c(c1)CCCC2. The lowest BCUT2D eigenvalue weighted by atomic mass is 9.92. The van der Waals surface area contributed by atoms with Crippen LogP contribution in [0.1, 0.15) is 34.3 Å². The lowest BCUT2D eigenvalue weighted by molar-refractivity contribution is -0.159. The number of rotatable bonds is 3. The molecule has 27 heavy (non-hydrogen) atoms. The van der Waals surface area contributed by atoms with Crippen molar-refractivity contribution in [2.45, 2.75) is 35.5 Å². The third-order valence-corrected chi connectivity index (χ3v) is 5.20. The molecule has 0 fully saturated rings. The minimum absolute atomic E-state index is 0.255. The first-order chi connectivity index (χ1) is 12.8. The zero-order chi connectivity index (χ0) is 20.0. The first kappa shape index (κ1) is 20.8. The first-order valence-electron chi connectivity index (χ1n) is 8.06. The first-order valence-corrected chi connectivity index (χ1v) is 9.26. The van der Waals surface area contributed by atoms with Crippen molar-refractivity contribution >= 4 is 41.3 Å². The molecule has 0 amide bonds. The van der Waals surface area contributed by atoms with Crippen molar-refractivity contribution in [3.05, 3.63) is 58.1 Å². The molecule has 0 heterocycles. The molecule has 0 atom stereocenters. The molecule has 8 heteroatoms. The zero-order valence-corrected chi connectivity index (χ0v) is 15.7. The average Bonchev–Trinajstić information content (AvgIpc) is 2.63. The van der Waals surface area contributed by atoms with E-state index in [-0.39, 0.29) is 5.56 Å². The lowest BCUT2D eigenvalue weighted by Crippen LogP contribution is -2.09. The van der Waals surface area contributed by atoms with Gasteiger partial charge in [0.05, 0.1) is 5.56 Å². The van der Waals surface area contributed by atoms with Gasteiger partial charge >= 0.3 is 17.9 Å². The van der Waals surface area contributed by atoms with E-state index in [0.29, 0.717) is 5.02 Å². The van der Waals surface area contributed by atoms with Gasteiger partial charge in [-0.1, -0.05) is 29.4 Å². The molecule has 2 aromatic carbocycles. The van der Waals surface area contributed by atoms with Crippen molar-refractivity contribution in [1.82, 2.24) is 0 Å². The van der Waals surface area contributed by atoms with Crippen molar-refractivity contribution < 1.29 is 29.7 Å². The Morgan fingerprint density at radius 2 is 1.48 bits per heavy atom. The van der Waals surface area contributed by atoms with Gasteiger partial charge in [0.1, 0.15) is 0 Å². The van der Waals surface area contributed by atoms with Gasteiger partial charge in [0.2, 0.25) is 0 Å². The highest BCUT2D eigenvalue weighted by molar-refractivity contribution is 7.99. The maximum absolute atomic E-state index is 11.3. The minimum atomic E-state index is -1.82. The quantitative estimate of drug-likeness (QED) is 0.651. The maximum atomic E-state index is 11.3. The molecule has 0 spiro atoms. The van der Waals surface area contributed by atoms with Crippen molar-refractivity contribution in [3.8, 4) is 0 Å². The molecule has 0 saturated heterocycles. The van der Waals surface area contributed by atoms with Crippen LogP contribution in [-0.4, -0.2) is 33.2 Å². The number of carbonyl (C=O) groups is 3. The lowest BCUT2D eigenvalue weighted by Gasteiger charge is -2.16. The third-order valence-electron chi connectivity index (χ3n) is 3.90. The van der Waals surface area contributed by atoms with E-state index in [1.54, 1.807) is 12.1 Å². The van der Waals surface area contributed by atoms with E-state index >= 15 is 0 Å². The monoisotopic (exact) mass is 408 g/mol. The van der Waals surface area contributed by atoms with Gasteiger partial charge in [-0.2, -0.15) is 0 Å². The van der Waals surface area contributed by atoms with Gasteiger partial charge in [0.25, 0.3) is 0 Å². The molecular weight excluding hydrogens is 392 g/mol. The number of hydrogen-bond acceptors (Lipinski definition) is 4. The summed E-state index contributed by atoms with van der Waals surface area (Å²) < 4.78 is 0. The minimum Gasteiger partial charge on any atom is -0.478 e. The summed E-state index contributed by atoms with van der Waals surface area (Å²) in [5, 5.41) is 24.5. The Hall–Kier alpha value is -2.51. The Morgan fingerprint density at radius 3 is 2.07 bits per heavy atom. The largest absolute Gasteiger partial charge is 0.478 e. The van der Waals surface area contributed by atoms with E-state index in [9.17, 15) is 9.90 Å². The number of carboxylic acid groups (broad SMARTS) is 3. The Morgan fingerprint density at radius 1 is 0.852 bits per heavy atom. The van der Waals surface area contributed by atoms with Gasteiger partial charge in [-0.15, -0.1) is 0 Å². The molecule has 6 nitrogen and oxygen atoms in total. The van der Waals surface area contributed by atoms with Gasteiger partial charge in [0, 0.05) is 14.8 Å². The summed E-state index contributed by atoms with van der Waals surface area (Å²) in [5.41, 5.74) is 3.09. The number of aryl methyl sites for hydroxylation is 2. The fraction of sp³-hybridized carbons (Fsp3) is 0.211. The summed E-state index contributed by atoms with van der Waals surface area (Å²) in [5.74, 6) is -4.59. The van der Waals surface area contributed by atoms with Crippen molar-refractivity contribution in [3.63, 3.8) is 0 Å². The fourth-order valence-electron chi connectivity index (χ4n) is 2.66. The molecule has 0 saturated carbocycles. The van der Waals surface area contributed by atoms with Gasteiger partial charge in [0.15, 0.2) is 0 Å². The van der Waals surface area contributed by atoms with Gasteiger partial charge in [-0.25, -0.2) is 14.4 Å². The van der Waals surface area contributed by atoms with Gasteiger partial charge in [-0.3, -0.25) is 0 Å². The number of hydrogen-bond donors (Lipinski definition) is 3. The topological polar surface area (TPSA) is 112 Å². The van der Waals surface area contributed by atoms with Crippen molar-refractivity contribution in [2.24, 2.45) is 0 Å². The van der Waals surface area contributed by atoms with Crippen LogP contribution in [0.15, 0.2) is 46.2 Å². The number of aromatic carboxylic acids is 1. The molecule has 0 unspecified atom stereocenters. The van der Waals surface area contributed by atoms with Crippen LogP contribution in [-0.2, 0) is 22.4 Å². The van der Waals surface area contributed by atoms with E-state index < -0.39 is 17.9 Å². The number of carboxylic acids is 3. The zero-order valence-electron chi connectivity index (χ0n) is 14.1. The second kappa shape index (κ2) is 9.43. The van der Waals surface area contributed by atoms with Crippen LogP contribution in [0.3, 0.4) is 0 Å². The highest BCUT2D eigenvalue weighted by Crippen LogP contribution is 2.34. The van der Waals surface area contributed by atoms with Crippen LogP contribution < -0.4 is 0 Å². The normalized spacial score (nSPS) is 12.3. The fourth-order valence-corrected chi connectivity index (χ4v) is 3.81. The van der Waals surface area contributed by atoms with Crippen LogP contribution in [0.5, 0.6) is 0 Å². The van der Waals surface area contributed by atoms with Gasteiger partial charge in [-0.05, 0) is 67.1 Å². The van der Waals surface area contributed by atoms with E-state index in [0.717, 1.165) is 22.6 Å². The van der Waals surface area contributed by atoms with Gasteiger partial charge < -0.3 is 15.3 Å². The van der Waals surface area contributed by atoms with Crippen molar-refractivity contribution in [1.29, 1.82) is 0 Å². The third kappa shape index (κ3) is 6.01. The average molecular weight is 409 g/mol. The molecule has 1 aliphatic carbocycles.